The van der Waals surface area contributed by atoms with E-state index >= 15 is 0 Å². The van der Waals surface area contributed by atoms with Crippen molar-refractivity contribution in [2.45, 2.75) is 37.2 Å². The van der Waals surface area contributed by atoms with Crippen molar-refractivity contribution in [3.8, 4) is 0 Å². The molecule has 124 valence electrons. The predicted octanol–water partition coefficient (Wildman–Crippen LogP) is 2.98. The lowest BCUT2D eigenvalue weighted by atomic mass is 10.2. The minimum Gasteiger partial charge on any atom is -0.296 e. The zero-order valence-corrected chi connectivity index (χ0v) is 15.0. The fourth-order valence-corrected chi connectivity index (χ4v) is 4.65. The third kappa shape index (κ3) is 3.82. The number of likely N-dealkylation sites (tertiary alicyclic amines) is 1. The Morgan fingerprint density at radius 1 is 1.48 bits per heavy atom. The van der Waals surface area contributed by atoms with Crippen LogP contribution in [0.5, 0.6) is 0 Å². The van der Waals surface area contributed by atoms with Gasteiger partial charge in [0.05, 0.1) is 4.90 Å². The van der Waals surface area contributed by atoms with Crippen LogP contribution in [0.3, 0.4) is 0 Å². The number of nitrogens with zero attached hydrogens (tertiary/aromatic N) is 3. The van der Waals surface area contributed by atoms with E-state index in [1.165, 1.54) is 25.2 Å². The summed E-state index contributed by atoms with van der Waals surface area (Å²) >= 11 is 7.28. The Morgan fingerprint density at radius 3 is 2.91 bits per heavy atom. The fraction of sp³-hybridized carbons (Fsp3) is 0.429. The van der Waals surface area contributed by atoms with Crippen LogP contribution in [0.4, 0.5) is 5.13 Å². The monoisotopic (exact) mass is 372 g/mol. The maximum atomic E-state index is 12.3. The Morgan fingerprint density at radius 2 is 2.30 bits per heavy atom. The highest BCUT2D eigenvalue weighted by Gasteiger charge is 2.22. The highest BCUT2D eigenvalue weighted by Crippen LogP contribution is 2.26. The molecule has 23 heavy (non-hydrogen) atoms. The van der Waals surface area contributed by atoms with E-state index in [9.17, 15) is 8.42 Å². The summed E-state index contributed by atoms with van der Waals surface area (Å²) in [6.07, 6.45) is 3.68. The zero-order valence-electron chi connectivity index (χ0n) is 12.6. The van der Waals surface area contributed by atoms with Crippen molar-refractivity contribution in [3.63, 3.8) is 0 Å². The second kappa shape index (κ2) is 6.72. The maximum absolute atomic E-state index is 12.3. The van der Waals surface area contributed by atoms with Gasteiger partial charge in [-0.1, -0.05) is 17.7 Å². The van der Waals surface area contributed by atoms with Gasteiger partial charge in [0.15, 0.2) is 0 Å². The average molecular weight is 373 g/mol. The number of sulfonamides is 1. The summed E-state index contributed by atoms with van der Waals surface area (Å²) in [7, 11) is -3.70. The molecular weight excluding hydrogens is 356 g/mol. The van der Waals surface area contributed by atoms with E-state index in [0.717, 1.165) is 30.2 Å². The molecule has 9 heteroatoms. The Hall–Kier alpha value is -1.22. The van der Waals surface area contributed by atoms with Crippen LogP contribution in [-0.2, 0) is 16.6 Å². The molecule has 2 heterocycles. The molecule has 3 rings (SSSR count). The second-order valence-corrected chi connectivity index (χ2v) is 8.44. The van der Waals surface area contributed by atoms with E-state index < -0.39 is 10.0 Å². The third-order valence-electron chi connectivity index (χ3n) is 3.98. The van der Waals surface area contributed by atoms with Crippen LogP contribution in [0.1, 0.15) is 25.3 Å². The Bertz CT molecular complexity index is 780. The lowest BCUT2D eigenvalue weighted by Crippen LogP contribution is -2.26. The molecule has 0 radical (unpaired) electrons. The fourth-order valence-electron chi connectivity index (χ4n) is 2.66. The quantitative estimate of drug-likeness (QED) is 0.873. The smallest absolute Gasteiger partial charge is 0.263 e. The molecule has 0 amide bonds. The molecule has 1 aromatic heterocycles. The SMILES string of the molecule is C[C@H]1CCCN1Cc1ccc(S(=O)(=O)Nc2ncns2)cc1Cl. The second-order valence-electron chi connectivity index (χ2n) is 5.57. The van der Waals surface area contributed by atoms with Gasteiger partial charge in [0.2, 0.25) is 5.13 Å². The van der Waals surface area contributed by atoms with Crippen LogP contribution in [0.25, 0.3) is 0 Å². The average Bonchev–Trinajstić information content (AvgIpc) is 3.13. The van der Waals surface area contributed by atoms with Gasteiger partial charge in [-0.05, 0) is 44.0 Å². The van der Waals surface area contributed by atoms with E-state index in [2.05, 4.69) is 25.9 Å². The van der Waals surface area contributed by atoms with Crippen molar-refractivity contribution in [2.24, 2.45) is 0 Å². The molecule has 1 saturated heterocycles. The van der Waals surface area contributed by atoms with Gasteiger partial charge < -0.3 is 0 Å². The van der Waals surface area contributed by atoms with Crippen LogP contribution in [-0.4, -0.2) is 35.3 Å². The summed E-state index contributed by atoms with van der Waals surface area (Å²) in [5.74, 6) is 0. The van der Waals surface area contributed by atoms with E-state index in [1.807, 2.05) is 0 Å². The van der Waals surface area contributed by atoms with Gasteiger partial charge in [0, 0.05) is 29.1 Å². The number of hydrogen-bond acceptors (Lipinski definition) is 6. The third-order valence-corrected chi connectivity index (χ3v) is 6.38. The first-order chi connectivity index (χ1) is 11.0. The highest BCUT2D eigenvalue weighted by molar-refractivity contribution is 7.93. The number of benzene rings is 1. The van der Waals surface area contributed by atoms with Crippen LogP contribution < -0.4 is 4.72 Å². The van der Waals surface area contributed by atoms with Crippen LogP contribution in [0.2, 0.25) is 5.02 Å². The molecule has 0 spiro atoms. The maximum Gasteiger partial charge on any atom is 0.263 e. The van der Waals surface area contributed by atoms with E-state index in [1.54, 1.807) is 12.1 Å². The zero-order chi connectivity index (χ0) is 16.4. The Kier molecular flexibility index (Phi) is 4.86. The predicted molar refractivity (Wildman–Crippen MR) is 91.3 cm³/mol. The number of hydrogen-bond donors (Lipinski definition) is 1. The van der Waals surface area contributed by atoms with Crippen molar-refractivity contribution in [2.75, 3.05) is 11.3 Å². The van der Waals surface area contributed by atoms with E-state index in [4.69, 9.17) is 11.6 Å². The summed E-state index contributed by atoms with van der Waals surface area (Å²) in [4.78, 5) is 6.30. The molecule has 1 aliphatic rings. The summed E-state index contributed by atoms with van der Waals surface area (Å²) in [6.45, 7) is 3.99. The van der Waals surface area contributed by atoms with E-state index in [-0.39, 0.29) is 10.0 Å². The molecule has 2 aromatic rings. The van der Waals surface area contributed by atoms with Gasteiger partial charge in [0.1, 0.15) is 6.33 Å². The molecule has 1 N–H and O–H groups in total. The van der Waals surface area contributed by atoms with Gasteiger partial charge in [0.25, 0.3) is 10.0 Å². The Labute approximate surface area is 144 Å². The first kappa shape index (κ1) is 16.6. The minimum absolute atomic E-state index is 0.121. The first-order valence-electron chi connectivity index (χ1n) is 7.28. The minimum atomic E-state index is -3.70. The number of halogens is 1. The summed E-state index contributed by atoms with van der Waals surface area (Å²) in [6, 6.07) is 5.38. The van der Waals surface area contributed by atoms with Crippen molar-refractivity contribution >= 4 is 38.3 Å². The first-order valence-corrected chi connectivity index (χ1v) is 9.91. The summed E-state index contributed by atoms with van der Waals surface area (Å²) < 4.78 is 30.8. The standard InChI is InChI=1S/C14H17ClN4O2S2/c1-10-3-2-6-19(10)8-11-4-5-12(7-13(11)15)23(20,21)18-14-16-9-17-22-14/h4-5,7,9-10H,2-3,6,8H2,1H3,(H,16,17,18)/t10-/m0/s1. The molecule has 6 nitrogen and oxygen atoms in total. The topological polar surface area (TPSA) is 75.2 Å². The van der Waals surface area contributed by atoms with Crippen molar-refractivity contribution in [1.29, 1.82) is 0 Å². The molecule has 0 aliphatic carbocycles. The largest absolute Gasteiger partial charge is 0.296 e. The van der Waals surface area contributed by atoms with Crippen LogP contribution in [0, 0.1) is 0 Å². The number of aromatic nitrogens is 2. The molecule has 0 bridgehead atoms. The van der Waals surface area contributed by atoms with Crippen molar-refractivity contribution < 1.29 is 8.42 Å². The van der Waals surface area contributed by atoms with Crippen molar-refractivity contribution in [3.05, 3.63) is 35.1 Å². The molecule has 1 aromatic carbocycles. The molecule has 1 atom stereocenters. The van der Waals surface area contributed by atoms with Gasteiger partial charge in [-0.15, -0.1) is 0 Å². The highest BCUT2D eigenvalue weighted by atomic mass is 35.5. The van der Waals surface area contributed by atoms with Gasteiger partial charge in [-0.2, -0.15) is 4.37 Å². The normalized spacial score (nSPS) is 19.1. The number of anilines is 1. The molecular formula is C14H17ClN4O2S2. The van der Waals surface area contributed by atoms with Gasteiger partial charge >= 0.3 is 0 Å². The lowest BCUT2D eigenvalue weighted by Gasteiger charge is -2.21. The molecule has 0 saturated carbocycles. The van der Waals surface area contributed by atoms with E-state index in [0.29, 0.717) is 11.1 Å². The number of nitrogens with one attached hydrogen (secondary N) is 1. The molecule has 1 aliphatic heterocycles. The molecule has 0 unspecified atom stereocenters. The lowest BCUT2D eigenvalue weighted by molar-refractivity contribution is 0.260. The van der Waals surface area contributed by atoms with Gasteiger partial charge in [-0.3, -0.25) is 9.62 Å². The summed E-state index contributed by atoms with van der Waals surface area (Å²) in [5, 5.41) is 0.695. The van der Waals surface area contributed by atoms with Crippen LogP contribution >= 0.6 is 23.1 Å². The molecule has 1 fully saturated rings. The Balaban J connectivity index is 1.78. The number of rotatable bonds is 5. The van der Waals surface area contributed by atoms with Crippen molar-refractivity contribution in [1.82, 2.24) is 14.3 Å². The van der Waals surface area contributed by atoms with Crippen LogP contribution in [0.15, 0.2) is 29.4 Å². The van der Waals surface area contributed by atoms with Gasteiger partial charge in [-0.25, -0.2) is 13.4 Å². The summed E-state index contributed by atoms with van der Waals surface area (Å²) in [5.41, 5.74) is 0.940.